The number of carbonyl (C=O) groups is 2. The number of hydrogen-bond donors (Lipinski definition) is 3. The van der Waals surface area contributed by atoms with Gasteiger partial charge in [0.2, 0.25) is 0 Å². The van der Waals surface area contributed by atoms with Crippen LogP contribution in [0.3, 0.4) is 0 Å². The zero-order chi connectivity index (χ0) is 14.6. The second kappa shape index (κ2) is 5.64. The lowest BCUT2D eigenvalue weighted by Gasteiger charge is -2.24. The number of nitrogens with one attached hydrogen (secondary N) is 2. The van der Waals surface area contributed by atoms with Gasteiger partial charge >= 0.3 is 12.0 Å². The molecule has 19 heavy (non-hydrogen) atoms. The van der Waals surface area contributed by atoms with E-state index in [1.54, 1.807) is 6.92 Å². The smallest absolute Gasteiger partial charge is 0.329 e. The number of anilines is 1. The molecular formula is C12H14F2N2O3. The lowest BCUT2D eigenvalue weighted by molar-refractivity contribution is -0.143. The van der Waals surface area contributed by atoms with Gasteiger partial charge in [0.25, 0.3) is 0 Å². The molecule has 0 aromatic heterocycles. The number of halogens is 2. The average molecular weight is 272 g/mol. The standard InChI is InChI=1S/C12H14F2N2O3/c1-3-12(2,10(17)18)16-11(19)15-9-5-7(13)4-8(14)6-9/h4-6H,3H2,1-2H3,(H,17,18)(H2,15,16,19). The van der Waals surface area contributed by atoms with E-state index in [0.29, 0.717) is 6.07 Å². The van der Waals surface area contributed by atoms with Crippen molar-refractivity contribution in [1.82, 2.24) is 5.32 Å². The van der Waals surface area contributed by atoms with Crippen molar-refractivity contribution in [1.29, 1.82) is 0 Å². The SMILES string of the molecule is CCC(C)(NC(=O)Nc1cc(F)cc(F)c1)C(=O)O. The van der Waals surface area contributed by atoms with E-state index in [1.165, 1.54) is 6.92 Å². The quantitative estimate of drug-likeness (QED) is 0.787. The van der Waals surface area contributed by atoms with Crippen LogP contribution in [0.1, 0.15) is 20.3 Å². The summed E-state index contributed by atoms with van der Waals surface area (Å²) < 4.78 is 25.8. The maximum absolute atomic E-state index is 12.9. The van der Waals surface area contributed by atoms with Crippen molar-refractivity contribution in [2.45, 2.75) is 25.8 Å². The molecule has 5 nitrogen and oxygen atoms in total. The van der Waals surface area contributed by atoms with Gasteiger partial charge in [-0.2, -0.15) is 0 Å². The summed E-state index contributed by atoms with van der Waals surface area (Å²) in [6.45, 7) is 2.93. The van der Waals surface area contributed by atoms with Crippen LogP contribution in [-0.2, 0) is 4.79 Å². The van der Waals surface area contributed by atoms with Gasteiger partial charge in [-0.1, -0.05) is 6.92 Å². The highest BCUT2D eigenvalue weighted by atomic mass is 19.1. The van der Waals surface area contributed by atoms with Crippen LogP contribution in [0.2, 0.25) is 0 Å². The van der Waals surface area contributed by atoms with Gasteiger partial charge in [-0.15, -0.1) is 0 Å². The zero-order valence-electron chi connectivity index (χ0n) is 10.5. The van der Waals surface area contributed by atoms with Crippen molar-refractivity contribution in [3.05, 3.63) is 29.8 Å². The lowest BCUT2D eigenvalue weighted by Crippen LogP contribution is -2.53. The Morgan fingerprint density at radius 1 is 1.26 bits per heavy atom. The highest BCUT2D eigenvalue weighted by molar-refractivity contribution is 5.93. The molecule has 0 radical (unpaired) electrons. The molecule has 0 fully saturated rings. The van der Waals surface area contributed by atoms with E-state index < -0.39 is 29.2 Å². The van der Waals surface area contributed by atoms with Gasteiger partial charge in [0.1, 0.15) is 17.2 Å². The normalized spacial score (nSPS) is 13.5. The van der Waals surface area contributed by atoms with E-state index in [1.807, 2.05) is 0 Å². The van der Waals surface area contributed by atoms with Crippen molar-refractivity contribution in [3.8, 4) is 0 Å². The Balaban J connectivity index is 2.77. The predicted molar refractivity (Wildman–Crippen MR) is 64.8 cm³/mol. The van der Waals surface area contributed by atoms with E-state index in [4.69, 9.17) is 5.11 Å². The third kappa shape index (κ3) is 3.90. The van der Waals surface area contributed by atoms with Crippen LogP contribution in [0.15, 0.2) is 18.2 Å². The maximum atomic E-state index is 12.9. The number of carboxylic acid groups (broad SMARTS) is 1. The lowest BCUT2D eigenvalue weighted by atomic mass is 10.00. The van der Waals surface area contributed by atoms with Crippen LogP contribution in [-0.4, -0.2) is 22.6 Å². The molecule has 1 aromatic rings. The van der Waals surface area contributed by atoms with Crippen molar-refractivity contribution in [2.24, 2.45) is 0 Å². The number of benzene rings is 1. The molecular weight excluding hydrogens is 258 g/mol. The molecule has 0 heterocycles. The van der Waals surface area contributed by atoms with Gasteiger partial charge in [0, 0.05) is 11.8 Å². The van der Waals surface area contributed by atoms with E-state index >= 15 is 0 Å². The molecule has 1 aromatic carbocycles. The van der Waals surface area contributed by atoms with Crippen molar-refractivity contribution >= 4 is 17.7 Å². The minimum absolute atomic E-state index is 0.0983. The van der Waals surface area contributed by atoms with Crippen LogP contribution < -0.4 is 10.6 Å². The van der Waals surface area contributed by atoms with Crippen molar-refractivity contribution in [3.63, 3.8) is 0 Å². The summed E-state index contributed by atoms with van der Waals surface area (Å²) in [5, 5.41) is 13.4. The molecule has 0 saturated carbocycles. The third-order valence-electron chi connectivity index (χ3n) is 2.69. The average Bonchev–Trinajstić information content (AvgIpc) is 2.26. The Morgan fingerprint density at radius 3 is 2.21 bits per heavy atom. The molecule has 0 spiro atoms. The Labute approximate surface area is 108 Å². The number of carboxylic acids is 1. The molecule has 104 valence electrons. The fourth-order valence-electron chi connectivity index (χ4n) is 1.33. The largest absolute Gasteiger partial charge is 0.480 e. The molecule has 1 rings (SSSR count). The number of amides is 2. The first-order valence-corrected chi connectivity index (χ1v) is 5.55. The maximum Gasteiger partial charge on any atom is 0.329 e. The van der Waals surface area contributed by atoms with Crippen LogP contribution in [0.25, 0.3) is 0 Å². The molecule has 0 bridgehead atoms. The molecule has 7 heteroatoms. The number of carbonyl (C=O) groups excluding carboxylic acids is 1. The first kappa shape index (κ1) is 14.9. The third-order valence-corrected chi connectivity index (χ3v) is 2.69. The Kier molecular flexibility index (Phi) is 4.42. The summed E-state index contributed by atoms with van der Waals surface area (Å²) in [6, 6.07) is 1.66. The van der Waals surface area contributed by atoms with Gasteiger partial charge in [-0.3, -0.25) is 0 Å². The highest BCUT2D eigenvalue weighted by Gasteiger charge is 2.32. The Morgan fingerprint density at radius 2 is 1.79 bits per heavy atom. The summed E-state index contributed by atoms with van der Waals surface area (Å²) in [6.07, 6.45) is 0.160. The minimum atomic E-state index is -1.45. The molecule has 0 aliphatic carbocycles. The molecule has 1 atom stereocenters. The van der Waals surface area contributed by atoms with Gasteiger partial charge in [0.05, 0.1) is 0 Å². The van der Waals surface area contributed by atoms with Crippen LogP contribution in [0.4, 0.5) is 19.3 Å². The summed E-state index contributed by atoms with van der Waals surface area (Å²) in [7, 11) is 0. The van der Waals surface area contributed by atoms with Gasteiger partial charge < -0.3 is 15.7 Å². The van der Waals surface area contributed by atoms with Gasteiger partial charge in [0.15, 0.2) is 0 Å². The molecule has 0 saturated heterocycles. The molecule has 3 N–H and O–H groups in total. The summed E-state index contributed by atoms with van der Waals surface area (Å²) in [5.41, 5.74) is -1.55. The molecule has 0 aliphatic rings. The zero-order valence-corrected chi connectivity index (χ0v) is 10.5. The first-order chi connectivity index (χ1) is 8.76. The van der Waals surface area contributed by atoms with Crippen LogP contribution in [0, 0.1) is 11.6 Å². The van der Waals surface area contributed by atoms with E-state index in [9.17, 15) is 18.4 Å². The van der Waals surface area contributed by atoms with Crippen LogP contribution in [0.5, 0.6) is 0 Å². The fraction of sp³-hybridized carbons (Fsp3) is 0.333. The summed E-state index contributed by atoms with van der Waals surface area (Å²) >= 11 is 0. The second-order valence-corrected chi connectivity index (χ2v) is 4.23. The summed E-state index contributed by atoms with van der Waals surface area (Å²) in [5.74, 6) is -2.88. The number of rotatable bonds is 4. The molecule has 2 amide bonds. The molecule has 0 aliphatic heterocycles. The highest BCUT2D eigenvalue weighted by Crippen LogP contribution is 2.14. The van der Waals surface area contributed by atoms with Gasteiger partial charge in [-0.25, -0.2) is 18.4 Å². The van der Waals surface area contributed by atoms with Crippen molar-refractivity contribution < 1.29 is 23.5 Å². The van der Waals surface area contributed by atoms with E-state index in [-0.39, 0.29) is 12.1 Å². The van der Waals surface area contributed by atoms with Gasteiger partial charge in [-0.05, 0) is 25.5 Å². The molecule has 1 unspecified atom stereocenters. The predicted octanol–water partition coefficient (Wildman–Crippen LogP) is 2.34. The minimum Gasteiger partial charge on any atom is -0.480 e. The Hall–Kier alpha value is -2.18. The number of aliphatic carboxylic acids is 1. The van der Waals surface area contributed by atoms with Crippen molar-refractivity contribution in [2.75, 3.05) is 5.32 Å². The Bertz CT molecular complexity index is 487. The first-order valence-electron chi connectivity index (χ1n) is 5.55. The monoisotopic (exact) mass is 272 g/mol. The second-order valence-electron chi connectivity index (χ2n) is 4.23. The summed E-state index contributed by atoms with van der Waals surface area (Å²) in [4.78, 5) is 22.6. The van der Waals surface area contributed by atoms with E-state index in [0.717, 1.165) is 12.1 Å². The van der Waals surface area contributed by atoms with E-state index in [2.05, 4.69) is 10.6 Å². The number of urea groups is 1. The van der Waals surface area contributed by atoms with Crippen LogP contribution >= 0.6 is 0 Å². The fourth-order valence-corrected chi connectivity index (χ4v) is 1.33. The topological polar surface area (TPSA) is 78.4 Å². The number of hydrogen-bond acceptors (Lipinski definition) is 2.